The van der Waals surface area contributed by atoms with Crippen molar-refractivity contribution in [2.45, 2.75) is 6.42 Å². The molecule has 3 aromatic carbocycles. The molecule has 0 spiro atoms. The highest BCUT2D eigenvalue weighted by Crippen LogP contribution is 2.39. The van der Waals surface area contributed by atoms with Crippen LogP contribution < -0.4 is 10.1 Å². The number of carbonyl (C=O) groups excluding carboxylic acids is 2. The van der Waals surface area contributed by atoms with Crippen molar-refractivity contribution in [1.82, 2.24) is 15.3 Å². The lowest BCUT2D eigenvalue weighted by Gasteiger charge is -2.14. The van der Waals surface area contributed by atoms with E-state index in [1.807, 2.05) is 0 Å². The van der Waals surface area contributed by atoms with Gasteiger partial charge in [-0.3, -0.25) is 9.59 Å². The first-order valence-electron chi connectivity index (χ1n) is 11.0. The topological polar surface area (TPSA) is 131 Å². The molecule has 1 aromatic heterocycles. The third kappa shape index (κ3) is 5.24. The van der Waals surface area contributed by atoms with Crippen LogP contribution in [0.4, 0.5) is 4.39 Å². The minimum Gasteiger partial charge on any atom is -0.494 e. The lowest BCUT2D eigenvalue weighted by Crippen LogP contribution is -2.26. The Morgan fingerprint density at radius 1 is 1.11 bits per heavy atom. The third-order valence-corrected chi connectivity index (χ3v) is 5.96. The number of hydrogen-bond acceptors (Lipinski definition) is 6. The van der Waals surface area contributed by atoms with Crippen molar-refractivity contribution in [1.29, 1.82) is 0 Å². The van der Waals surface area contributed by atoms with E-state index >= 15 is 0 Å². The van der Waals surface area contributed by atoms with E-state index in [9.17, 15) is 23.9 Å². The number of hydrogen-bond donors (Lipinski definition) is 3. The van der Waals surface area contributed by atoms with Gasteiger partial charge in [-0.15, -0.1) is 0 Å². The largest absolute Gasteiger partial charge is 0.494 e. The highest BCUT2D eigenvalue weighted by Gasteiger charge is 2.22. The number of imidazole rings is 1. The Hall–Kier alpha value is -4.44. The SMILES string of the molecule is COC(=O)CCNC(=O)c1ccc(-c2c(Cl)cccc2-c2nc3cc(OC)c(F)cc3[nH]2)c(C(=O)O)c1. The van der Waals surface area contributed by atoms with Crippen LogP contribution in [0.5, 0.6) is 5.75 Å². The predicted molar refractivity (Wildman–Crippen MR) is 134 cm³/mol. The fourth-order valence-electron chi connectivity index (χ4n) is 3.85. The standard InChI is InChI=1S/C26H21ClFN3O6/c1-36-21-12-20-19(11-18(21)28)30-24(31-20)15-4-3-5-17(27)23(15)14-7-6-13(10-16(14)26(34)35)25(33)29-9-8-22(32)37-2/h3-7,10-12H,8-9H2,1-2H3,(H,29,33)(H,30,31)(H,34,35). The Bertz CT molecular complexity index is 1530. The van der Waals surface area contributed by atoms with Gasteiger partial charge in [-0.2, -0.15) is 0 Å². The molecule has 1 heterocycles. The van der Waals surface area contributed by atoms with E-state index in [1.54, 1.807) is 18.2 Å². The molecule has 0 aliphatic rings. The molecule has 1 amide bonds. The molecule has 0 saturated carbocycles. The molecule has 4 aromatic rings. The number of carbonyl (C=O) groups is 3. The monoisotopic (exact) mass is 525 g/mol. The predicted octanol–water partition coefficient (Wildman–Crippen LogP) is 4.69. The molecule has 0 bridgehead atoms. The molecule has 0 atom stereocenters. The number of esters is 1. The Balaban J connectivity index is 1.77. The van der Waals surface area contributed by atoms with Crippen molar-refractivity contribution in [3.8, 4) is 28.3 Å². The van der Waals surface area contributed by atoms with Gasteiger partial charge in [0.1, 0.15) is 5.82 Å². The quantitative estimate of drug-likeness (QED) is 0.284. The van der Waals surface area contributed by atoms with E-state index in [2.05, 4.69) is 20.0 Å². The van der Waals surface area contributed by atoms with Crippen molar-refractivity contribution >= 4 is 40.5 Å². The van der Waals surface area contributed by atoms with E-state index < -0.39 is 23.7 Å². The molecule has 0 unspecified atom stereocenters. The fourth-order valence-corrected chi connectivity index (χ4v) is 4.13. The molecule has 0 fully saturated rings. The van der Waals surface area contributed by atoms with Gasteiger partial charge in [0.2, 0.25) is 0 Å². The second kappa shape index (κ2) is 10.7. The van der Waals surface area contributed by atoms with Gasteiger partial charge in [0.15, 0.2) is 11.6 Å². The number of aromatic carboxylic acids is 1. The van der Waals surface area contributed by atoms with Crippen molar-refractivity contribution in [3.63, 3.8) is 0 Å². The number of H-pyrrole nitrogens is 1. The van der Waals surface area contributed by atoms with Crippen molar-refractivity contribution < 1.29 is 33.4 Å². The second-order valence-corrected chi connectivity index (χ2v) is 8.31. The number of fused-ring (bicyclic) bond motifs is 1. The number of ether oxygens (including phenoxy) is 2. The second-order valence-electron chi connectivity index (χ2n) is 7.90. The molecule has 0 aliphatic carbocycles. The lowest BCUT2D eigenvalue weighted by molar-refractivity contribution is -0.140. The number of nitrogens with zero attached hydrogens (tertiary/aromatic N) is 1. The van der Waals surface area contributed by atoms with Gasteiger partial charge < -0.3 is 24.9 Å². The number of aromatic amines is 1. The summed E-state index contributed by atoms with van der Waals surface area (Å²) in [5.74, 6) is -2.51. The van der Waals surface area contributed by atoms with Crippen LogP contribution in [0.1, 0.15) is 27.1 Å². The lowest BCUT2D eigenvalue weighted by atomic mass is 9.93. The molecule has 0 saturated heterocycles. The molecule has 0 aliphatic heterocycles. The van der Waals surface area contributed by atoms with Crippen LogP contribution >= 0.6 is 11.6 Å². The molecule has 9 nitrogen and oxygen atoms in total. The van der Waals surface area contributed by atoms with Crippen LogP contribution in [0.25, 0.3) is 33.5 Å². The number of carboxylic acids is 1. The van der Waals surface area contributed by atoms with E-state index in [-0.39, 0.29) is 40.4 Å². The minimum atomic E-state index is -1.28. The zero-order chi connectivity index (χ0) is 26.7. The van der Waals surface area contributed by atoms with Crippen molar-refractivity contribution in [3.05, 3.63) is 70.5 Å². The van der Waals surface area contributed by atoms with Gasteiger partial charge >= 0.3 is 11.9 Å². The van der Waals surface area contributed by atoms with Crippen LogP contribution in [-0.4, -0.2) is 53.7 Å². The zero-order valence-corrected chi connectivity index (χ0v) is 20.5. The summed E-state index contributed by atoms with van der Waals surface area (Å²) in [6, 6.07) is 11.9. The molecular formula is C26H21ClFN3O6. The maximum Gasteiger partial charge on any atom is 0.336 e. The van der Waals surface area contributed by atoms with Crippen molar-refractivity contribution in [2.75, 3.05) is 20.8 Å². The third-order valence-electron chi connectivity index (χ3n) is 5.65. The summed E-state index contributed by atoms with van der Waals surface area (Å²) < 4.78 is 23.8. The normalized spacial score (nSPS) is 10.8. The number of benzene rings is 3. The molecule has 0 radical (unpaired) electrons. The highest BCUT2D eigenvalue weighted by molar-refractivity contribution is 6.34. The summed E-state index contributed by atoms with van der Waals surface area (Å²) in [7, 11) is 2.59. The summed E-state index contributed by atoms with van der Waals surface area (Å²) >= 11 is 6.54. The summed E-state index contributed by atoms with van der Waals surface area (Å²) in [5.41, 5.74) is 1.87. The van der Waals surface area contributed by atoms with Gasteiger partial charge in [0, 0.05) is 40.4 Å². The minimum absolute atomic E-state index is 0.0254. The first kappa shape index (κ1) is 25.6. The molecule has 4 rings (SSSR count). The van der Waals surface area contributed by atoms with Crippen LogP contribution in [0.3, 0.4) is 0 Å². The van der Waals surface area contributed by atoms with E-state index in [1.165, 1.54) is 44.6 Å². The highest BCUT2D eigenvalue weighted by atomic mass is 35.5. The van der Waals surface area contributed by atoms with Gasteiger partial charge in [-0.25, -0.2) is 14.2 Å². The molecule has 37 heavy (non-hydrogen) atoms. The number of amides is 1. The average molecular weight is 526 g/mol. The summed E-state index contributed by atoms with van der Waals surface area (Å²) in [6.45, 7) is 0.0295. The van der Waals surface area contributed by atoms with Crippen LogP contribution in [-0.2, 0) is 9.53 Å². The number of rotatable bonds is 8. The van der Waals surface area contributed by atoms with Gasteiger partial charge in [0.05, 0.1) is 37.2 Å². The van der Waals surface area contributed by atoms with Crippen LogP contribution in [0.15, 0.2) is 48.5 Å². The van der Waals surface area contributed by atoms with Crippen LogP contribution in [0.2, 0.25) is 5.02 Å². The Labute approximate surface area is 215 Å². The number of nitrogens with one attached hydrogen (secondary N) is 2. The number of aromatic nitrogens is 2. The van der Waals surface area contributed by atoms with Gasteiger partial charge in [-0.05, 0) is 23.8 Å². The number of carboxylic acid groups (broad SMARTS) is 1. The number of methoxy groups -OCH3 is 2. The molecular weight excluding hydrogens is 505 g/mol. The first-order chi connectivity index (χ1) is 17.7. The van der Waals surface area contributed by atoms with E-state index in [0.29, 0.717) is 28.0 Å². The van der Waals surface area contributed by atoms with Crippen LogP contribution in [0, 0.1) is 5.82 Å². The van der Waals surface area contributed by atoms with Gasteiger partial charge in [-0.1, -0.05) is 29.8 Å². The summed E-state index contributed by atoms with van der Waals surface area (Å²) in [6.07, 6.45) is -0.0254. The van der Waals surface area contributed by atoms with Crippen molar-refractivity contribution in [2.24, 2.45) is 0 Å². The molecule has 190 valence electrons. The number of halogens is 2. The average Bonchev–Trinajstić information content (AvgIpc) is 3.30. The smallest absolute Gasteiger partial charge is 0.336 e. The summed E-state index contributed by atoms with van der Waals surface area (Å²) in [4.78, 5) is 43.6. The maximum atomic E-state index is 14.2. The van der Waals surface area contributed by atoms with Gasteiger partial charge in [0.25, 0.3) is 5.91 Å². The molecule has 11 heteroatoms. The molecule has 3 N–H and O–H groups in total. The maximum absolute atomic E-state index is 14.2. The first-order valence-corrected chi connectivity index (χ1v) is 11.4. The summed E-state index contributed by atoms with van der Waals surface area (Å²) in [5, 5.41) is 12.8. The Morgan fingerprint density at radius 2 is 1.89 bits per heavy atom. The fraction of sp³-hybridized carbons (Fsp3) is 0.154. The zero-order valence-electron chi connectivity index (χ0n) is 19.7. The Kier molecular flexibility index (Phi) is 7.40. The Morgan fingerprint density at radius 3 is 2.59 bits per heavy atom. The van der Waals surface area contributed by atoms with E-state index in [0.717, 1.165) is 0 Å². The van der Waals surface area contributed by atoms with E-state index in [4.69, 9.17) is 16.3 Å².